The quantitative estimate of drug-likeness (QED) is 0.139. The predicted octanol–water partition coefficient (Wildman–Crippen LogP) is 7.67. The van der Waals surface area contributed by atoms with E-state index in [1.165, 1.54) is 22.8 Å². The first-order valence-electron chi connectivity index (χ1n) is 21.1. The fourth-order valence-electron chi connectivity index (χ4n) is 9.02. The van der Waals surface area contributed by atoms with Crippen molar-refractivity contribution in [2.24, 2.45) is 0 Å². The Morgan fingerprint density at radius 2 is 1.40 bits per heavy atom. The van der Waals surface area contributed by atoms with Gasteiger partial charge in [-0.2, -0.15) is 0 Å². The lowest BCUT2D eigenvalue weighted by Crippen LogP contribution is -2.34. The van der Waals surface area contributed by atoms with Crippen LogP contribution in [0.3, 0.4) is 0 Å². The van der Waals surface area contributed by atoms with Gasteiger partial charge in [-0.15, -0.1) is 0 Å². The first-order valence-corrected chi connectivity index (χ1v) is 22.6. The van der Waals surface area contributed by atoms with Crippen LogP contribution in [0, 0.1) is 0 Å². The zero-order chi connectivity index (χ0) is 43.0. The largest absolute Gasteiger partial charge is 0.493 e. The second-order valence-electron chi connectivity index (χ2n) is 16.1. The molecule has 0 radical (unpaired) electrons. The van der Waals surface area contributed by atoms with E-state index in [-0.39, 0.29) is 42.5 Å². The van der Waals surface area contributed by atoms with Crippen molar-refractivity contribution < 1.29 is 46.3 Å². The van der Waals surface area contributed by atoms with Gasteiger partial charge in [0.15, 0.2) is 46.0 Å². The van der Waals surface area contributed by atoms with Crippen molar-refractivity contribution in [1.29, 1.82) is 0 Å². The molecule has 5 aromatic carbocycles. The third kappa shape index (κ3) is 8.19. The third-order valence-corrected chi connectivity index (χ3v) is 13.8. The average Bonchev–Trinajstić information content (AvgIpc) is 3.28. The topological polar surface area (TPSA) is 126 Å². The van der Waals surface area contributed by atoms with Crippen molar-refractivity contribution in [1.82, 2.24) is 14.5 Å². The summed E-state index contributed by atoms with van der Waals surface area (Å²) in [6.07, 6.45) is 3.51. The van der Waals surface area contributed by atoms with E-state index in [1.54, 1.807) is 33.5 Å². The molecule has 13 nitrogen and oxygen atoms in total. The minimum Gasteiger partial charge on any atom is -0.493 e. The Labute approximate surface area is 363 Å². The molecule has 1 N–H and O–H groups in total. The fourth-order valence-corrected chi connectivity index (χ4v) is 10.3. The highest BCUT2D eigenvalue weighted by atomic mass is 32.2. The second kappa shape index (κ2) is 17.6. The molecule has 5 aliphatic rings. The maximum atomic E-state index is 13.3. The van der Waals surface area contributed by atoms with Gasteiger partial charge in [-0.3, -0.25) is 9.80 Å². The number of rotatable bonds is 10. The molecule has 326 valence electrons. The molecule has 10 rings (SSSR count). The number of ether oxygens (including phenoxy) is 8. The van der Waals surface area contributed by atoms with E-state index in [4.69, 9.17) is 37.9 Å². The molecule has 5 aromatic rings. The van der Waals surface area contributed by atoms with E-state index in [9.17, 15) is 8.42 Å². The molecule has 14 heteroatoms. The molecule has 0 spiro atoms. The van der Waals surface area contributed by atoms with Crippen molar-refractivity contribution in [3.8, 4) is 57.5 Å². The number of hydrogen-bond acceptors (Lipinski definition) is 12. The minimum absolute atomic E-state index is 0.0525. The van der Waals surface area contributed by atoms with E-state index < -0.39 is 10.0 Å². The Bertz CT molecular complexity index is 2570. The Balaban J connectivity index is 1.05. The normalized spacial score (nSPS) is 18.3. The number of hydrogen-bond donors (Lipinski definition) is 1. The van der Waals surface area contributed by atoms with Gasteiger partial charge in [-0.25, -0.2) is 13.1 Å². The first-order chi connectivity index (χ1) is 30.1. The molecule has 0 saturated heterocycles. The van der Waals surface area contributed by atoms with Crippen LogP contribution in [0.1, 0.15) is 51.9 Å². The standard InChI is InChI=1S/C48H53N3O10S/c1-50-19-16-32-27-40(54-3)42-29-35(32)36(50)24-30-10-13-34(14-11-30)60-41-26-31(25-37-45-33(17-20-51(37)2)28-43(55-4)47(56-5)48(45)61-42)12-15-38(41)57-21-7-18-49-62(52,53)44-9-6-8-39-46(44)59-23-22-58-39/h6,8-15,26-29,36-37,49H,7,16-25H2,1-5H3/t36-,37+/m0/s1. The number of benzene rings is 5. The highest BCUT2D eigenvalue weighted by Crippen LogP contribution is 2.52. The van der Waals surface area contributed by atoms with Crippen LogP contribution in [0.5, 0.6) is 57.5 Å². The van der Waals surface area contributed by atoms with Gasteiger partial charge >= 0.3 is 0 Å². The van der Waals surface area contributed by atoms with Gasteiger partial charge in [-0.05, 0) is 129 Å². The molecule has 0 aromatic heterocycles. The highest BCUT2D eigenvalue weighted by molar-refractivity contribution is 7.89. The summed E-state index contributed by atoms with van der Waals surface area (Å²) in [6, 6.07) is 25.5. The van der Waals surface area contributed by atoms with Crippen LogP contribution in [0.4, 0.5) is 0 Å². The third-order valence-electron chi connectivity index (χ3n) is 12.3. The van der Waals surface area contributed by atoms with Crippen LogP contribution in [0.15, 0.2) is 83.8 Å². The maximum absolute atomic E-state index is 13.3. The first kappa shape index (κ1) is 41.7. The Kier molecular flexibility index (Phi) is 11.8. The lowest BCUT2D eigenvalue weighted by molar-refractivity contribution is 0.167. The molecule has 0 unspecified atom stereocenters. The molecule has 62 heavy (non-hydrogen) atoms. The van der Waals surface area contributed by atoms with Crippen LogP contribution in [0.25, 0.3) is 0 Å². The van der Waals surface area contributed by atoms with Gasteiger partial charge in [0.05, 0.1) is 27.9 Å². The van der Waals surface area contributed by atoms with Gasteiger partial charge < -0.3 is 37.9 Å². The van der Waals surface area contributed by atoms with Gasteiger partial charge in [0, 0.05) is 37.3 Å². The van der Waals surface area contributed by atoms with Crippen molar-refractivity contribution in [2.75, 3.05) is 74.9 Å². The van der Waals surface area contributed by atoms with Crippen LogP contribution >= 0.6 is 0 Å². The molecule has 6 bridgehead atoms. The molecule has 0 fully saturated rings. The zero-order valence-electron chi connectivity index (χ0n) is 35.8. The van der Waals surface area contributed by atoms with E-state index in [2.05, 4.69) is 65.0 Å². The summed E-state index contributed by atoms with van der Waals surface area (Å²) >= 11 is 0. The molecule has 0 saturated carbocycles. The summed E-state index contributed by atoms with van der Waals surface area (Å²) in [5, 5.41) is 0. The summed E-state index contributed by atoms with van der Waals surface area (Å²) in [6.45, 7) is 2.80. The number of likely N-dealkylation sites (N-methyl/N-ethyl adjacent to an activating group) is 2. The second-order valence-corrected chi connectivity index (χ2v) is 17.9. The minimum atomic E-state index is -3.86. The number of nitrogens with zero attached hydrogens (tertiary/aromatic N) is 2. The number of fused-ring (bicyclic) bond motifs is 3. The molecule has 5 heterocycles. The van der Waals surface area contributed by atoms with Crippen LogP contribution in [0.2, 0.25) is 0 Å². The van der Waals surface area contributed by atoms with Gasteiger partial charge in [0.25, 0.3) is 0 Å². The molecule has 0 amide bonds. The van der Waals surface area contributed by atoms with Crippen LogP contribution in [-0.2, 0) is 35.7 Å². The van der Waals surface area contributed by atoms with E-state index in [0.717, 1.165) is 49.0 Å². The van der Waals surface area contributed by atoms with Crippen molar-refractivity contribution >= 4 is 10.0 Å². The SMILES string of the molecule is COc1cc2c3cc1Oc1c(OC)c(OC)cc4c1[C@@H](Cc1ccc(OCCCNS(=O)(=O)c5cccc6c5OCCO6)c(c1)Oc1ccc(cc1)C[C@@H]3N(C)CC2)N(C)CC4. The average molecular weight is 864 g/mol. The Morgan fingerprint density at radius 1 is 0.694 bits per heavy atom. The summed E-state index contributed by atoms with van der Waals surface area (Å²) in [7, 11) is 5.44. The lowest BCUT2D eigenvalue weighted by Gasteiger charge is -2.37. The Hall–Kier alpha value is -5.67. The number of nitrogens with one attached hydrogen (secondary N) is 1. The zero-order valence-corrected chi connectivity index (χ0v) is 36.6. The van der Waals surface area contributed by atoms with E-state index >= 15 is 0 Å². The number of para-hydroxylation sites is 1. The van der Waals surface area contributed by atoms with Gasteiger partial charge in [-0.1, -0.05) is 24.3 Å². The molecular formula is C48H53N3O10S. The van der Waals surface area contributed by atoms with Gasteiger partial charge in [0.1, 0.15) is 23.9 Å². The van der Waals surface area contributed by atoms with Gasteiger partial charge in [0.2, 0.25) is 15.8 Å². The number of methoxy groups -OCH3 is 3. The van der Waals surface area contributed by atoms with Crippen LogP contribution < -0.4 is 42.6 Å². The van der Waals surface area contributed by atoms with Crippen LogP contribution in [-0.4, -0.2) is 93.1 Å². The van der Waals surface area contributed by atoms with E-state index in [0.29, 0.717) is 71.2 Å². The lowest BCUT2D eigenvalue weighted by atomic mass is 9.87. The van der Waals surface area contributed by atoms with Crippen molar-refractivity contribution in [3.05, 3.63) is 112 Å². The Morgan fingerprint density at radius 3 is 2.19 bits per heavy atom. The van der Waals surface area contributed by atoms with E-state index in [1.807, 2.05) is 24.3 Å². The summed E-state index contributed by atoms with van der Waals surface area (Å²) < 4.78 is 78.6. The van der Waals surface area contributed by atoms with Crippen molar-refractivity contribution in [2.45, 2.75) is 49.1 Å². The highest BCUT2D eigenvalue weighted by Gasteiger charge is 2.35. The number of sulfonamides is 1. The maximum Gasteiger partial charge on any atom is 0.244 e. The summed E-state index contributed by atoms with van der Waals surface area (Å²) in [5.74, 6) is 5.46. The summed E-state index contributed by atoms with van der Waals surface area (Å²) in [5.41, 5.74) is 6.79. The predicted molar refractivity (Wildman–Crippen MR) is 234 cm³/mol. The molecule has 0 aliphatic carbocycles. The van der Waals surface area contributed by atoms with Crippen molar-refractivity contribution in [3.63, 3.8) is 0 Å². The smallest absolute Gasteiger partial charge is 0.244 e. The fraction of sp³-hybridized carbons (Fsp3) is 0.375. The monoisotopic (exact) mass is 863 g/mol. The molecule has 2 atom stereocenters. The molecular weight excluding hydrogens is 811 g/mol. The summed E-state index contributed by atoms with van der Waals surface area (Å²) in [4.78, 5) is 4.80. The molecule has 5 aliphatic heterocycles.